The van der Waals surface area contributed by atoms with Gasteiger partial charge in [-0.2, -0.15) is 0 Å². The van der Waals surface area contributed by atoms with Gasteiger partial charge in [-0.05, 0) is 36.3 Å². The predicted molar refractivity (Wildman–Crippen MR) is 92.6 cm³/mol. The number of hydrogen-bond donors (Lipinski definition) is 0. The Labute approximate surface area is 140 Å². The Morgan fingerprint density at radius 1 is 1.17 bits per heavy atom. The number of benzene rings is 1. The van der Waals surface area contributed by atoms with Crippen LogP contribution in [-0.2, 0) is 10.0 Å². The molecule has 2 aromatic heterocycles. The summed E-state index contributed by atoms with van der Waals surface area (Å²) in [6.07, 6.45) is 4.64. The van der Waals surface area contributed by atoms with Crippen molar-refractivity contribution in [1.29, 1.82) is 0 Å². The zero-order chi connectivity index (χ0) is 17.3. The maximum absolute atomic E-state index is 13.5. The van der Waals surface area contributed by atoms with Gasteiger partial charge in [-0.15, -0.1) is 0 Å². The molecule has 0 aliphatic rings. The topological polar surface area (TPSA) is 52.0 Å². The highest BCUT2D eigenvalue weighted by Gasteiger charge is 2.23. The molecule has 0 atom stereocenters. The quantitative estimate of drug-likeness (QED) is 0.716. The van der Waals surface area contributed by atoms with Crippen LogP contribution < -0.4 is 0 Å². The van der Waals surface area contributed by atoms with Crippen LogP contribution >= 0.6 is 0 Å². The van der Waals surface area contributed by atoms with Crippen LogP contribution in [-0.4, -0.2) is 17.4 Å². The standard InChI is InChI=1S/C18H17FN2O2S/c1-13(2)8-9-16-11-14-10-15(19)12-20-18(14)21(16)24(22,23)17-6-4-3-5-7-17/h3-13H,1-2H3. The lowest BCUT2D eigenvalue weighted by Gasteiger charge is -2.09. The minimum Gasteiger partial charge on any atom is -0.234 e. The first-order chi connectivity index (χ1) is 11.4. The summed E-state index contributed by atoms with van der Waals surface area (Å²) in [6, 6.07) is 11.0. The molecule has 4 nitrogen and oxygen atoms in total. The molecule has 0 fully saturated rings. The van der Waals surface area contributed by atoms with E-state index in [4.69, 9.17) is 0 Å². The zero-order valence-corrected chi connectivity index (χ0v) is 14.2. The molecule has 124 valence electrons. The van der Waals surface area contributed by atoms with Gasteiger partial charge in [0.2, 0.25) is 0 Å². The molecule has 24 heavy (non-hydrogen) atoms. The summed E-state index contributed by atoms with van der Waals surface area (Å²) < 4.78 is 40.7. The summed E-state index contributed by atoms with van der Waals surface area (Å²) in [7, 11) is -3.83. The molecule has 6 heteroatoms. The highest BCUT2D eigenvalue weighted by molar-refractivity contribution is 7.90. The van der Waals surface area contributed by atoms with E-state index in [0.29, 0.717) is 11.1 Å². The molecule has 0 aliphatic carbocycles. The summed E-state index contributed by atoms with van der Waals surface area (Å²) in [4.78, 5) is 4.16. The first-order valence-electron chi connectivity index (χ1n) is 7.55. The summed E-state index contributed by atoms with van der Waals surface area (Å²) in [5, 5.41) is 0.443. The average Bonchev–Trinajstić information content (AvgIpc) is 2.91. The van der Waals surface area contributed by atoms with Gasteiger partial charge in [0.15, 0.2) is 5.65 Å². The van der Waals surface area contributed by atoms with Crippen LogP contribution in [0.4, 0.5) is 4.39 Å². The third kappa shape index (κ3) is 2.97. The first kappa shape index (κ1) is 16.4. The van der Waals surface area contributed by atoms with Gasteiger partial charge in [0.05, 0.1) is 16.8 Å². The molecular weight excluding hydrogens is 327 g/mol. The summed E-state index contributed by atoms with van der Waals surface area (Å²) in [6.45, 7) is 3.99. The van der Waals surface area contributed by atoms with Crippen molar-refractivity contribution in [2.24, 2.45) is 5.92 Å². The maximum atomic E-state index is 13.5. The summed E-state index contributed by atoms with van der Waals surface area (Å²) in [5.74, 6) is -0.253. The van der Waals surface area contributed by atoms with Crippen LogP contribution in [0.25, 0.3) is 17.1 Å². The normalized spacial score (nSPS) is 12.5. The number of rotatable bonds is 4. The van der Waals surface area contributed by atoms with Gasteiger partial charge in [-0.3, -0.25) is 0 Å². The molecule has 0 bridgehead atoms. The fourth-order valence-corrected chi connectivity index (χ4v) is 3.90. The van der Waals surface area contributed by atoms with Gasteiger partial charge in [0, 0.05) is 5.39 Å². The monoisotopic (exact) mass is 344 g/mol. The Morgan fingerprint density at radius 3 is 2.54 bits per heavy atom. The van der Waals surface area contributed by atoms with E-state index in [0.717, 1.165) is 10.2 Å². The molecule has 3 aromatic rings. The molecular formula is C18H17FN2O2S. The number of nitrogens with zero attached hydrogens (tertiary/aromatic N) is 2. The summed E-state index contributed by atoms with van der Waals surface area (Å²) >= 11 is 0. The van der Waals surface area contributed by atoms with Crippen molar-refractivity contribution < 1.29 is 12.8 Å². The smallest absolute Gasteiger partial charge is 0.234 e. The molecule has 0 amide bonds. The Kier molecular flexibility index (Phi) is 4.24. The second-order valence-electron chi connectivity index (χ2n) is 5.82. The highest BCUT2D eigenvalue weighted by atomic mass is 32.2. The van der Waals surface area contributed by atoms with Crippen molar-refractivity contribution in [3.63, 3.8) is 0 Å². The minimum atomic E-state index is -3.83. The third-order valence-electron chi connectivity index (χ3n) is 3.53. The fraction of sp³-hybridized carbons (Fsp3) is 0.167. The molecule has 0 aliphatic heterocycles. The van der Waals surface area contributed by atoms with Crippen molar-refractivity contribution in [2.45, 2.75) is 18.7 Å². The average molecular weight is 344 g/mol. The van der Waals surface area contributed by atoms with E-state index in [2.05, 4.69) is 4.98 Å². The van der Waals surface area contributed by atoms with Crippen LogP contribution in [0.2, 0.25) is 0 Å². The van der Waals surface area contributed by atoms with E-state index < -0.39 is 15.8 Å². The van der Waals surface area contributed by atoms with Gasteiger partial charge in [-0.25, -0.2) is 21.8 Å². The van der Waals surface area contributed by atoms with Gasteiger partial charge >= 0.3 is 0 Å². The lowest BCUT2D eigenvalue weighted by Crippen LogP contribution is -2.14. The fourth-order valence-electron chi connectivity index (χ4n) is 2.42. The lowest BCUT2D eigenvalue weighted by molar-refractivity contribution is 0.588. The highest BCUT2D eigenvalue weighted by Crippen LogP contribution is 2.26. The van der Waals surface area contributed by atoms with E-state index in [1.807, 2.05) is 19.9 Å². The molecule has 0 spiro atoms. The van der Waals surface area contributed by atoms with Crippen molar-refractivity contribution >= 4 is 27.1 Å². The van der Waals surface area contributed by atoms with E-state index in [9.17, 15) is 12.8 Å². The van der Waals surface area contributed by atoms with Gasteiger partial charge in [0.1, 0.15) is 5.82 Å². The number of aromatic nitrogens is 2. The number of halogens is 1. The second kappa shape index (κ2) is 6.20. The van der Waals surface area contributed by atoms with Gasteiger partial charge in [-0.1, -0.05) is 38.1 Å². The van der Waals surface area contributed by atoms with Crippen molar-refractivity contribution in [2.75, 3.05) is 0 Å². The van der Waals surface area contributed by atoms with Crippen molar-refractivity contribution in [3.8, 4) is 0 Å². The zero-order valence-electron chi connectivity index (χ0n) is 13.3. The number of hydrogen-bond acceptors (Lipinski definition) is 3. The largest absolute Gasteiger partial charge is 0.269 e. The Morgan fingerprint density at radius 2 is 1.88 bits per heavy atom. The predicted octanol–water partition coefficient (Wildman–Crippen LogP) is 4.08. The van der Waals surface area contributed by atoms with E-state index in [1.165, 1.54) is 18.2 Å². The molecule has 3 rings (SSSR count). The molecule has 0 unspecified atom stereocenters. The van der Waals surface area contributed by atoms with Crippen molar-refractivity contribution in [3.05, 3.63) is 66.2 Å². The number of fused-ring (bicyclic) bond motifs is 1. The van der Waals surface area contributed by atoms with Crippen LogP contribution in [0.15, 0.2) is 59.6 Å². The van der Waals surface area contributed by atoms with Crippen LogP contribution in [0.3, 0.4) is 0 Å². The minimum absolute atomic E-state index is 0.160. The van der Waals surface area contributed by atoms with E-state index in [-0.39, 0.29) is 16.5 Å². The third-order valence-corrected chi connectivity index (χ3v) is 5.26. The number of allylic oxidation sites excluding steroid dienone is 1. The summed E-state index contributed by atoms with van der Waals surface area (Å²) in [5.41, 5.74) is 0.657. The molecule has 0 radical (unpaired) electrons. The van der Waals surface area contributed by atoms with Gasteiger partial charge < -0.3 is 0 Å². The van der Waals surface area contributed by atoms with Crippen LogP contribution in [0.5, 0.6) is 0 Å². The Balaban J connectivity index is 2.31. The maximum Gasteiger partial charge on any atom is 0.269 e. The van der Waals surface area contributed by atoms with E-state index in [1.54, 1.807) is 30.3 Å². The van der Waals surface area contributed by atoms with Gasteiger partial charge in [0.25, 0.3) is 10.0 Å². The first-order valence-corrected chi connectivity index (χ1v) is 8.99. The van der Waals surface area contributed by atoms with E-state index >= 15 is 0 Å². The van der Waals surface area contributed by atoms with Crippen molar-refractivity contribution in [1.82, 2.24) is 8.96 Å². The molecule has 0 saturated carbocycles. The molecule has 0 saturated heterocycles. The molecule has 1 aromatic carbocycles. The number of pyridine rings is 1. The Bertz CT molecular complexity index is 1010. The Hall–Kier alpha value is -2.47. The SMILES string of the molecule is CC(C)C=Cc1cc2cc(F)cnc2n1S(=O)(=O)c1ccccc1. The molecule has 0 N–H and O–H groups in total. The second-order valence-corrected chi connectivity index (χ2v) is 7.61. The van der Waals surface area contributed by atoms with Crippen LogP contribution in [0, 0.1) is 11.7 Å². The lowest BCUT2D eigenvalue weighted by atomic mass is 10.2. The van der Waals surface area contributed by atoms with Crippen LogP contribution in [0.1, 0.15) is 19.5 Å². The molecule has 2 heterocycles.